The molecule has 0 aliphatic rings. The minimum atomic E-state index is -0.546. The molecule has 5 nitrogen and oxygen atoms in total. The number of rotatable bonds is 7. The molecule has 1 heterocycles. The van der Waals surface area contributed by atoms with Gasteiger partial charge < -0.3 is 14.8 Å². The fraction of sp³-hybridized carbons (Fsp3) is 0.304. The minimum Gasteiger partial charge on any atom is -0.489 e. The molecule has 3 rings (SSSR count). The summed E-state index contributed by atoms with van der Waals surface area (Å²) in [6.07, 6.45) is 1.91. The maximum absolute atomic E-state index is 12.3. The molecule has 152 valence electrons. The standard InChI is InChI=1S/C23H26N2O3S/c1-23(2,3)28-22(26)25-20(21-24-13-14-29-21)15-17-9-11-19(12-10-17)27-16-18-7-5-4-6-8-18/h4-14,20H,15-16H2,1-3H3,(H,25,26)/t20-/m1/s1. The fourth-order valence-electron chi connectivity index (χ4n) is 2.75. The number of benzene rings is 2. The predicted molar refractivity (Wildman–Crippen MR) is 115 cm³/mol. The topological polar surface area (TPSA) is 60.5 Å². The largest absolute Gasteiger partial charge is 0.489 e. The number of hydrogen-bond donors (Lipinski definition) is 1. The van der Waals surface area contributed by atoms with Crippen molar-refractivity contribution in [2.24, 2.45) is 0 Å². The number of carbonyl (C=O) groups excluding carboxylic acids is 1. The summed E-state index contributed by atoms with van der Waals surface area (Å²) in [5.41, 5.74) is 1.66. The van der Waals surface area contributed by atoms with Crippen LogP contribution in [-0.2, 0) is 17.8 Å². The van der Waals surface area contributed by atoms with Crippen molar-refractivity contribution in [3.63, 3.8) is 0 Å². The first-order valence-corrected chi connectivity index (χ1v) is 10.4. The van der Waals surface area contributed by atoms with Gasteiger partial charge in [0.25, 0.3) is 0 Å². The average molecular weight is 411 g/mol. The molecule has 29 heavy (non-hydrogen) atoms. The Labute approximate surface area is 175 Å². The van der Waals surface area contributed by atoms with Gasteiger partial charge in [-0.1, -0.05) is 42.5 Å². The van der Waals surface area contributed by atoms with E-state index in [0.29, 0.717) is 13.0 Å². The van der Waals surface area contributed by atoms with Crippen molar-refractivity contribution < 1.29 is 14.3 Å². The summed E-state index contributed by atoms with van der Waals surface area (Å²) in [6.45, 7) is 6.07. The molecule has 6 heteroatoms. The summed E-state index contributed by atoms with van der Waals surface area (Å²) in [6, 6.07) is 17.7. The number of carbonyl (C=O) groups is 1. The highest BCUT2D eigenvalue weighted by molar-refractivity contribution is 7.09. The lowest BCUT2D eigenvalue weighted by molar-refractivity contribution is 0.0503. The molecule has 1 amide bonds. The second-order valence-corrected chi connectivity index (χ2v) is 8.62. The number of thiazole rings is 1. The van der Waals surface area contributed by atoms with Crippen LogP contribution >= 0.6 is 11.3 Å². The van der Waals surface area contributed by atoms with Gasteiger partial charge in [-0.2, -0.15) is 0 Å². The maximum atomic E-state index is 12.3. The zero-order chi connectivity index (χ0) is 20.7. The van der Waals surface area contributed by atoms with Crippen LogP contribution in [-0.4, -0.2) is 16.7 Å². The van der Waals surface area contributed by atoms with Crippen molar-refractivity contribution >= 4 is 17.4 Å². The van der Waals surface area contributed by atoms with Gasteiger partial charge in [-0.05, 0) is 50.5 Å². The normalized spacial score (nSPS) is 12.2. The maximum Gasteiger partial charge on any atom is 0.408 e. The molecule has 2 aromatic carbocycles. The molecule has 0 fully saturated rings. The number of aromatic nitrogens is 1. The van der Waals surface area contributed by atoms with E-state index >= 15 is 0 Å². The Morgan fingerprint density at radius 1 is 1.07 bits per heavy atom. The Morgan fingerprint density at radius 2 is 1.79 bits per heavy atom. The van der Waals surface area contributed by atoms with Crippen molar-refractivity contribution in [3.8, 4) is 5.75 Å². The highest BCUT2D eigenvalue weighted by atomic mass is 32.1. The van der Waals surface area contributed by atoms with Gasteiger partial charge in [-0.25, -0.2) is 9.78 Å². The van der Waals surface area contributed by atoms with Crippen molar-refractivity contribution in [2.75, 3.05) is 0 Å². The third-order valence-electron chi connectivity index (χ3n) is 4.05. The van der Waals surface area contributed by atoms with Crippen LogP contribution in [0, 0.1) is 0 Å². The van der Waals surface area contributed by atoms with Crippen LogP contribution < -0.4 is 10.1 Å². The van der Waals surface area contributed by atoms with Crippen LogP contribution in [0.3, 0.4) is 0 Å². The summed E-state index contributed by atoms with van der Waals surface area (Å²) in [4.78, 5) is 16.6. The zero-order valence-corrected chi connectivity index (χ0v) is 17.7. The Balaban J connectivity index is 1.62. The molecule has 0 spiro atoms. The molecule has 0 aliphatic carbocycles. The quantitative estimate of drug-likeness (QED) is 0.556. The number of ether oxygens (including phenoxy) is 2. The Bertz CT molecular complexity index is 888. The van der Waals surface area contributed by atoms with Gasteiger partial charge in [0.05, 0.1) is 6.04 Å². The van der Waals surface area contributed by atoms with E-state index in [1.54, 1.807) is 6.20 Å². The Kier molecular flexibility index (Phi) is 6.88. The van der Waals surface area contributed by atoms with Crippen LogP contribution in [0.1, 0.15) is 42.9 Å². The van der Waals surface area contributed by atoms with Crippen molar-refractivity contribution in [2.45, 2.75) is 45.4 Å². The smallest absolute Gasteiger partial charge is 0.408 e. The van der Waals surface area contributed by atoms with Gasteiger partial charge in [-0.15, -0.1) is 11.3 Å². The minimum absolute atomic E-state index is 0.249. The number of alkyl carbamates (subject to hydrolysis) is 1. The molecule has 0 radical (unpaired) electrons. The summed E-state index contributed by atoms with van der Waals surface area (Å²) in [5, 5.41) is 5.69. The molecule has 0 unspecified atom stereocenters. The van der Waals surface area contributed by atoms with E-state index in [-0.39, 0.29) is 6.04 Å². The first-order valence-electron chi connectivity index (χ1n) is 9.53. The Morgan fingerprint density at radius 3 is 2.41 bits per heavy atom. The lowest BCUT2D eigenvalue weighted by Gasteiger charge is -2.23. The number of nitrogens with one attached hydrogen (secondary N) is 1. The Hall–Kier alpha value is -2.86. The zero-order valence-electron chi connectivity index (χ0n) is 16.9. The average Bonchev–Trinajstić information content (AvgIpc) is 3.21. The highest BCUT2D eigenvalue weighted by Gasteiger charge is 2.22. The molecule has 0 bridgehead atoms. The van der Waals surface area contributed by atoms with E-state index in [4.69, 9.17) is 9.47 Å². The summed E-state index contributed by atoms with van der Waals surface area (Å²) >= 11 is 1.51. The molecule has 3 aromatic rings. The number of amides is 1. The van der Waals surface area contributed by atoms with Crippen LogP contribution in [0.5, 0.6) is 5.75 Å². The first kappa shape index (κ1) is 20.9. The van der Waals surface area contributed by atoms with Crippen molar-refractivity contribution in [3.05, 3.63) is 82.3 Å². The molecule has 1 N–H and O–H groups in total. The van der Waals surface area contributed by atoms with Crippen LogP contribution in [0.2, 0.25) is 0 Å². The first-order chi connectivity index (χ1) is 13.9. The number of hydrogen-bond acceptors (Lipinski definition) is 5. The summed E-state index contributed by atoms with van der Waals surface area (Å²) in [7, 11) is 0. The lowest BCUT2D eigenvalue weighted by atomic mass is 10.1. The molecule has 0 aliphatic heterocycles. The SMILES string of the molecule is CC(C)(C)OC(=O)N[C@H](Cc1ccc(OCc2ccccc2)cc1)c1nccs1. The van der Waals surface area contributed by atoms with Gasteiger partial charge in [0.15, 0.2) is 0 Å². The van der Waals surface area contributed by atoms with Gasteiger partial charge in [-0.3, -0.25) is 0 Å². The van der Waals surface area contributed by atoms with Gasteiger partial charge in [0, 0.05) is 11.6 Å². The van der Waals surface area contributed by atoms with Crippen LogP contribution in [0.4, 0.5) is 4.79 Å². The molecule has 0 saturated carbocycles. The van der Waals surface area contributed by atoms with E-state index in [1.165, 1.54) is 11.3 Å². The molecule has 0 saturated heterocycles. The summed E-state index contributed by atoms with van der Waals surface area (Å²) in [5.74, 6) is 0.809. The molecule has 1 aromatic heterocycles. The third kappa shape index (κ3) is 6.91. The van der Waals surface area contributed by atoms with E-state index < -0.39 is 11.7 Å². The second-order valence-electron chi connectivity index (χ2n) is 7.69. The van der Waals surface area contributed by atoms with E-state index in [2.05, 4.69) is 10.3 Å². The number of nitrogens with zero attached hydrogens (tertiary/aromatic N) is 1. The van der Waals surface area contributed by atoms with E-state index in [9.17, 15) is 4.79 Å². The van der Waals surface area contributed by atoms with Crippen LogP contribution in [0.15, 0.2) is 66.2 Å². The van der Waals surface area contributed by atoms with Crippen molar-refractivity contribution in [1.29, 1.82) is 0 Å². The van der Waals surface area contributed by atoms with Gasteiger partial charge in [0.1, 0.15) is 23.0 Å². The monoisotopic (exact) mass is 410 g/mol. The van der Waals surface area contributed by atoms with E-state index in [0.717, 1.165) is 21.9 Å². The van der Waals surface area contributed by atoms with Crippen molar-refractivity contribution in [1.82, 2.24) is 10.3 Å². The predicted octanol–water partition coefficient (Wildman–Crippen LogP) is 5.53. The summed E-state index contributed by atoms with van der Waals surface area (Å²) < 4.78 is 11.2. The fourth-order valence-corrected chi connectivity index (χ4v) is 3.44. The molecular formula is C23H26N2O3S. The van der Waals surface area contributed by atoms with Crippen LogP contribution in [0.25, 0.3) is 0 Å². The van der Waals surface area contributed by atoms with Gasteiger partial charge >= 0.3 is 6.09 Å². The molecular weight excluding hydrogens is 384 g/mol. The molecule has 1 atom stereocenters. The van der Waals surface area contributed by atoms with Gasteiger partial charge in [0.2, 0.25) is 0 Å². The third-order valence-corrected chi connectivity index (χ3v) is 4.94. The highest BCUT2D eigenvalue weighted by Crippen LogP contribution is 2.23. The van der Waals surface area contributed by atoms with E-state index in [1.807, 2.05) is 80.7 Å². The lowest BCUT2D eigenvalue weighted by Crippen LogP contribution is -2.35. The second kappa shape index (κ2) is 9.56.